The van der Waals surface area contributed by atoms with Crippen molar-refractivity contribution < 1.29 is 4.57 Å². The molecule has 2 heteroatoms. The van der Waals surface area contributed by atoms with Crippen LogP contribution in [0.5, 0.6) is 0 Å². The summed E-state index contributed by atoms with van der Waals surface area (Å²) in [5.74, 6) is 0. The molecule has 0 bridgehead atoms. The van der Waals surface area contributed by atoms with Gasteiger partial charge in [-0.1, -0.05) is 6.07 Å². The van der Waals surface area contributed by atoms with Gasteiger partial charge in [0.25, 0.3) is 0 Å². The van der Waals surface area contributed by atoms with Gasteiger partial charge in [0.2, 0.25) is 6.17 Å². The highest BCUT2D eigenvalue weighted by Gasteiger charge is 2.04. The summed E-state index contributed by atoms with van der Waals surface area (Å²) in [6.07, 6.45) is 4.46. The molecular weight excluding hydrogens is 124 g/mol. The lowest BCUT2D eigenvalue weighted by Crippen LogP contribution is -2.43. The monoisotopic (exact) mass is 137 g/mol. The molecule has 0 saturated carbocycles. The van der Waals surface area contributed by atoms with E-state index in [-0.39, 0.29) is 0 Å². The smallest absolute Gasteiger partial charge is 0.208 e. The van der Waals surface area contributed by atoms with Crippen molar-refractivity contribution in [1.82, 2.24) is 5.32 Å². The average Bonchev–Trinajstić information content (AvgIpc) is 2.05. The lowest BCUT2D eigenvalue weighted by Gasteiger charge is -2.02. The van der Waals surface area contributed by atoms with E-state index in [0.717, 1.165) is 0 Å². The van der Waals surface area contributed by atoms with Gasteiger partial charge in [0.15, 0.2) is 12.4 Å². The SMILES string of the molecule is CNC(C)[n+]1ccccc1. The van der Waals surface area contributed by atoms with Crippen LogP contribution in [0, 0.1) is 0 Å². The summed E-state index contributed by atoms with van der Waals surface area (Å²) in [7, 11) is 1.95. The zero-order valence-electron chi connectivity index (χ0n) is 6.41. The molecule has 1 aromatic rings. The summed E-state index contributed by atoms with van der Waals surface area (Å²) in [5, 5.41) is 3.14. The van der Waals surface area contributed by atoms with E-state index < -0.39 is 0 Å². The van der Waals surface area contributed by atoms with Crippen LogP contribution in [0.4, 0.5) is 0 Å². The molecule has 1 atom stereocenters. The van der Waals surface area contributed by atoms with Gasteiger partial charge in [0, 0.05) is 19.1 Å². The standard InChI is InChI=1S/C8H13N2/c1-8(9-2)10-6-4-3-5-7-10/h3-9H,1-2H3/q+1. The zero-order chi connectivity index (χ0) is 7.40. The average molecular weight is 137 g/mol. The van der Waals surface area contributed by atoms with Crippen LogP contribution in [-0.4, -0.2) is 7.05 Å². The molecule has 0 aliphatic heterocycles. The molecule has 0 aromatic carbocycles. The highest BCUT2D eigenvalue weighted by molar-refractivity contribution is 4.83. The highest BCUT2D eigenvalue weighted by atomic mass is 15.1. The molecule has 0 saturated heterocycles. The van der Waals surface area contributed by atoms with Gasteiger partial charge in [-0.05, 0) is 7.05 Å². The summed E-state index contributed by atoms with van der Waals surface area (Å²) in [5.41, 5.74) is 0. The number of hydrogen-bond acceptors (Lipinski definition) is 1. The Hall–Kier alpha value is -0.890. The molecule has 1 rings (SSSR count). The maximum absolute atomic E-state index is 3.14. The van der Waals surface area contributed by atoms with Crippen molar-refractivity contribution in [3.8, 4) is 0 Å². The third-order valence-electron chi connectivity index (χ3n) is 1.60. The van der Waals surface area contributed by atoms with E-state index in [1.165, 1.54) is 0 Å². The van der Waals surface area contributed by atoms with Crippen LogP contribution in [0.1, 0.15) is 13.1 Å². The molecule has 10 heavy (non-hydrogen) atoms. The van der Waals surface area contributed by atoms with Crippen molar-refractivity contribution in [3.05, 3.63) is 30.6 Å². The van der Waals surface area contributed by atoms with Gasteiger partial charge >= 0.3 is 0 Å². The maximum Gasteiger partial charge on any atom is 0.208 e. The molecule has 1 heterocycles. The van der Waals surface area contributed by atoms with Gasteiger partial charge in [-0.3, -0.25) is 5.32 Å². The zero-order valence-corrected chi connectivity index (χ0v) is 6.41. The number of pyridine rings is 1. The molecule has 54 valence electrons. The van der Waals surface area contributed by atoms with E-state index in [2.05, 4.69) is 16.8 Å². The largest absolute Gasteiger partial charge is 0.262 e. The lowest BCUT2D eigenvalue weighted by molar-refractivity contribution is -0.724. The van der Waals surface area contributed by atoms with Gasteiger partial charge in [-0.2, -0.15) is 4.57 Å². The van der Waals surface area contributed by atoms with Gasteiger partial charge in [-0.15, -0.1) is 0 Å². The molecule has 0 radical (unpaired) electrons. The van der Waals surface area contributed by atoms with Crippen LogP contribution >= 0.6 is 0 Å². The van der Waals surface area contributed by atoms with Crippen LogP contribution in [0.2, 0.25) is 0 Å². The first kappa shape index (κ1) is 7.22. The van der Waals surface area contributed by atoms with E-state index in [1.807, 2.05) is 37.6 Å². The van der Waals surface area contributed by atoms with Crippen molar-refractivity contribution in [2.24, 2.45) is 0 Å². The fraction of sp³-hybridized carbons (Fsp3) is 0.375. The maximum atomic E-state index is 3.14. The first-order valence-electron chi connectivity index (χ1n) is 3.47. The third-order valence-corrected chi connectivity index (χ3v) is 1.60. The van der Waals surface area contributed by atoms with E-state index >= 15 is 0 Å². The summed E-state index contributed by atoms with van der Waals surface area (Å²) in [6.45, 7) is 2.11. The summed E-state index contributed by atoms with van der Waals surface area (Å²) < 4.78 is 2.11. The summed E-state index contributed by atoms with van der Waals surface area (Å²) in [4.78, 5) is 0. The lowest BCUT2D eigenvalue weighted by atomic mass is 10.4. The predicted molar refractivity (Wildman–Crippen MR) is 40.4 cm³/mol. The molecule has 0 spiro atoms. The molecule has 0 aliphatic carbocycles. The molecule has 1 N–H and O–H groups in total. The van der Waals surface area contributed by atoms with Crippen molar-refractivity contribution in [1.29, 1.82) is 0 Å². The molecule has 0 aliphatic rings. The van der Waals surface area contributed by atoms with E-state index in [4.69, 9.17) is 0 Å². The van der Waals surface area contributed by atoms with Crippen molar-refractivity contribution in [2.75, 3.05) is 7.05 Å². The number of hydrogen-bond donors (Lipinski definition) is 1. The van der Waals surface area contributed by atoms with Crippen molar-refractivity contribution in [3.63, 3.8) is 0 Å². The van der Waals surface area contributed by atoms with Crippen LogP contribution in [-0.2, 0) is 0 Å². The Balaban J connectivity index is 2.75. The number of nitrogens with zero attached hydrogens (tertiary/aromatic N) is 1. The minimum Gasteiger partial charge on any atom is -0.262 e. The van der Waals surface area contributed by atoms with E-state index in [0.29, 0.717) is 6.17 Å². The summed E-state index contributed by atoms with van der Waals surface area (Å²) >= 11 is 0. The number of aromatic nitrogens is 1. The van der Waals surface area contributed by atoms with Gasteiger partial charge in [-0.25, -0.2) is 0 Å². The Bertz CT molecular complexity index is 184. The minimum atomic E-state index is 0.376. The fourth-order valence-electron chi connectivity index (χ4n) is 0.819. The van der Waals surface area contributed by atoms with Crippen LogP contribution in [0.25, 0.3) is 0 Å². The number of rotatable bonds is 2. The molecular formula is C8H13N2+. The van der Waals surface area contributed by atoms with Gasteiger partial charge in [0.1, 0.15) is 0 Å². The Morgan fingerprint density at radius 2 is 1.80 bits per heavy atom. The van der Waals surface area contributed by atoms with Crippen LogP contribution < -0.4 is 9.88 Å². The first-order chi connectivity index (χ1) is 4.84. The van der Waals surface area contributed by atoms with Crippen molar-refractivity contribution >= 4 is 0 Å². The molecule has 0 fully saturated rings. The highest BCUT2D eigenvalue weighted by Crippen LogP contribution is 1.85. The predicted octanol–water partition coefficient (Wildman–Crippen LogP) is 0.712. The number of nitrogens with one attached hydrogen (secondary N) is 1. The van der Waals surface area contributed by atoms with Gasteiger partial charge in [0.05, 0.1) is 0 Å². The molecule has 2 nitrogen and oxygen atoms in total. The second kappa shape index (κ2) is 3.32. The normalized spacial score (nSPS) is 13.0. The van der Waals surface area contributed by atoms with Gasteiger partial charge < -0.3 is 0 Å². The Morgan fingerprint density at radius 3 is 2.30 bits per heavy atom. The Morgan fingerprint density at radius 1 is 1.20 bits per heavy atom. The Labute approximate surface area is 61.5 Å². The quantitative estimate of drug-likeness (QED) is 0.594. The molecule has 1 unspecified atom stereocenters. The second-order valence-corrected chi connectivity index (χ2v) is 2.29. The molecule has 0 amide bonds. The minimum absolute atomic E-state index is 0.376. The van der Waals surface area contributed by atoms with Crippen LogP contribution in [0.3, 0.4) is 0 Å². The topological polar surface area (TPSA) is 15.9 Å². The third kappa shape index (κ3) is 1.54. The van der Waals surface area contributed by atoms with E-state index in [1.54, 1.807) is 0 Å². The van der Waals surface area contributed by atoms with E-state index in [9.17, 15) is 0 Å². The fourth-order valence-corrected chi connectivity index (χ4v) is 0.819. The molecule has 1 aromatic heterocycles. The van der Waals surface area contributed by atoms with Crippen LogP contribution in [0.15, 0.2) is 30.6 Å². The summed E-state index contributed by atoms with van der Waals surface area (Å²) in [6, 6.07) is 6.06. The second-order valence-electron chi connectivity index (χ2n) is 2.29. The van der Waals surface area contributed by atoms with Crippen molar-refractivity contribution in [2.45, 2.75) is 13.1 Å². The Kier molecular flexibility index (Phi) is 2.40. The first-order valence-corrected chi connectivity index (χ1v) is 3.47.